The smallest absolute Gasteiger partial charge is 0.309 e. The Kier molecular flexibility index (Phi) is 6.96. The van der Waals surface area contributed by atoms with Crippen molar-refractivity contribution in [2.24, 2.45) is 0 Å². The third kappa shape index (κ3) is 5.40. The monoisotopic (exact) mass is 421 g/mol. The number of imidazole rings is 1. The maximum absolute atomic E-state index is 12.7. The van der Waals surface area contributed by atoms with Gasteiger partial charge in [-0.3, -0.25) is 9.59 Å². The Balaban J connectivity index is 1.45. The molecule has 2 amide bonds. The minimum Gasteiger partial charge on any atom is -0.359 e. The van der Waals surface area contributed by atoms with Crippen molar-refractivity contribution in [2.45, 2.75) is 24.1 Å². The molecule has 0 spiro atoms. The predicted octanol–water partition coefficient (Wildman–Crippen LogP) is -0.447. The maximum Gasteiger partial charge on any atom is 0.309 e. The zero-order chi connectivity index (χ0) is 20.7. The van der Waals surface area contributed by atoms with E-state index in [-0.39, 0.29) is 24.6 Å². The zero-order valence-electron chi connectivity index (χ0n) is 15.7. The highest BCUT2D eigenvalue weighted by atomic mass is 32.2. The van der Waals surface area contributed by atoms with Gasteiger partial charge in [-0.1, -0.05) is 18.2 Å². The molecule has 0 radical (unpaired) electrons. The van der Waals surface area contributed by atoms with Gasteiger partial charge in [0.05, 0.1) is 24.4 Å². The lowest BCUT2D eigenvalue weighted by Crippen LogP contribution is -2.47. The maximum atomic E-state index is 12.7. The van der Waals surface area contributed by atoms with Crippen LogP contribution < -0.4 is 10.6 Å². The number of carbonyl (C=O) groups excluding carboxylic acids is 2. The molecule has 10 nitrogen and oxygen atoms in total. The van der Waals surface area contributed by atoms with Crippen LogP contribution in [0.25, 0.3) is 0 Å². The molecular weight excluding hydrogens is 398 g/mol. The van der Waals surface area contributed by atoms with Crippen LogP contribution in [0.5, 0.6) is 0 Å². The summed E-state index contributed by atoms with van der Waals surface area (Å²) in [6.45, 7) is 1.28. The van der Waals surface area contributed by atoms with Gasteiger partial charge in [0.2, 0.25) is 10.0 Å². The number of carbonyl (C=O) groups is 2. The molecule has 0 aliphatic carbocycles. The summed E-state index contributed by atoms with van der Waals surface area (Å²) in [5.41, 5.74) is 0. The third-order valence-electron chi connectivity index (χ3n) is 4.37. The van der Waals surface area contributed by atoms with Crippen molar-refractivity contribution >= 4 is 21.8 Å². The first kappa shape index (κ1) is 21.0. The van der Waals surface area contributed by atoms with Crippen molar-refractivity contribution in [1.82, 2.24) is 24.5 Å². The number of hydrogen-bond donors (Lipinski definition) is 2. The second kappa shape index (κ2) is 9.63. The third-order valence-corrected chi connectivity index (χ3v) is 6.28. The lowest BCUT2D eigenvalue weighted by atomic mass is 10.4. The zero-order valence-corrected chi connectivity index (χ0v) is 16.5. The van der Waals surface area contributed by atoms with E-state index in [0.717, 1.165) is 0 Å². The highest BCUT2D eigenvalue weighted by Gasteiger charge is 2.36. The number of aryl methyl sites for hydroxylation is 1. The quantitative estimate of drug-likeness (QED) is 0.440. The molecule has 11 heteroatoms. The second-order valence-electron chi connectivity index (χ2n) is 6.37. The van der Waals surface area contributed by atoms with Gasteiger partial charge in [-0.2, -0.15) is 4.31 Å². The molecule has 2 N–H and O–H groups in total. The van der Waals surface area contributed by atoms with Gasteiger partial charge < -0.3 is 19.9 Å². The molecule has 1 atom stereocenters. The summed E-state index contributed by atoms with van der Waals surface area (Å²) in [7, 11) is -3.75. The molecule has 1 aromatic carbocycles. The van der Waals surface area contributed by atoms with Gasteiger partial charge in [0.15, 0.2) is 0 Å². The van der Waals surface area contributed by atoms with Gasteiger partial charge in [-0.25, -0.2) is 13.4 Å². The summed E-state index contributed by atoms with van der Waals surface area (Å²) in [4.78, 5) is 28.0. The molecule has 1 saturated heterocycles. The number of nitrogens with one attached hydrogen (secondary N) is 2. The topological polar surface area (TPSA) is 123 Å². The molecule has 0 saturated carbocycles. The summed E-state index contributed by atoms with van der Waals surface area (Å²) < 4.78 is 34.0. The molecule has 3 rings (SSSR count). The van der Waals surface area contributed by atoms with Gasteiger partial charge in [-0.05, 0) is 18.6 Å². The van der Waals surface area contributed by atoms with E-state index in [1.54, 1.807) is 30.7 Å². The number of ether oxygens (including phenoxy) is 1. The summed E-state index contributed by atoms with van der Waals surface area (Å²) >= 11 is 0. The van der Waals surface area contributed by atoms with Gasteiger partial charge in [0.1, 0.15) is 6.23 Å². The van der Waals surface area contributed by atoms with Crippen LogP contribution >= 0.6 is 0 Å². The SMILES string of the molecule is O=C(NCCCn1ccnc1)C(=O)NC[C@H]1OCCN1S(=O)(=O)c1ccccc1. The largest absolute Gasteiger partial charge is 0.359 e. The Hall–Kier alpha value is -2.76. The molecule has 29 heavy (non-hydrogen) atoms. The molecule has 0 bridgehead atoms. The van der Waals surface area contributed by atoms with Crippen LogP contribution in [0.1, 0.15) is 6.42 Å². The van der Waals surface area contributed by atoms with Gasteiger partial charge in [0.25, 0.3) is 0 Å². The first-order chi connectivity index (χ1) is 14.0. The number of sulfonamides is 1. The van der Waals surface area contributed by atoms with E-state index in [1.807, 2.05) is 10.8 Å². The Labute approximate surface area is 168 Å². The summed E-state index contributed by atoms with van der Waals surface area (Å²) in [6, 6.07) is 8.00. The van der Waals surface area contributed by atoms with Crippen molar-refractivity contribution in [1.29, 1.82) is 0 Å². The van der Waals surface area contributed by atoms with Gasteiger partial charge in [0, 0.05) is 32.0 Å². The Morgan fingerprint density at radius 3 is 2.66 bits per heavy atom. The normalized spacial score (nSPS) is 17.2. The first-order valence-electron chi connectivity index (χ1n) is 9.19. The Morgan fingerprint density at radius 2 is 1.93 bits per heavy atom. The molecule has 1 aromatic heterocycles. The lowest BCUT2D eigenvalue weighted by molar-refractivity contribution is -0.139. The van der Waals surface area contributed by atoms with Crippen LogP contribution in [0.2, 0.25) is 0 Å². The van der Waals surface area contributed by atoms with Crippen LogP contribution in [-0.2, 0) is 30.9 Å². The number of nitrogens with zero attached hydrogens (tertiary/aromatic N) is 3. The number of benzene rings is 1. The molecule has 2 heterocycles. The average molecular weight is 421 g/mol. The molecule has 0 unspecified atom stereocenters. The lowest BCUT2D eigenvalue weighted by Gasteiger charge is -2.22. The summed E-state index contributed by atoms with van der Waals surface area (Å²) in [5.74, 6) is -1.61. The minimum atomic E-state index is -3.75. The van der Waals surface area contributed by atoms with E-state index in [2.05, 4.69) is 15.6 Å². The van der Waals surface area contributed by atoms with E-state index >= 15 is 0 Å². The number of hydrogen-bond acceptors (Lipinski definition) is 6. The molecule has 1 fully saturated rings. The van der Waals surface area contributed by atoms with E-state index in [9.17, 15) is 18.0 Å². The second-order valence-corrected chi connectivity index (χ2v) is 8.26. The summed E-state index contributed by atoms with van der Waals surface area (Å²) in [5, 5.41) is 4.97. The van der Waals surface area contributed by atoms with Crippen LogP contribution in [-0.4, -0.2) is 66.6 Å². The standard InChI is InChI=1S/C18H23N5O5S/c24-17(20-7-4-9-22-10-8-19-14-22)18(25)21-13-16-23(11-12-28-16)29(26,27)15-5-2-1-3-6-15/h1-3,5-6,8,10,14,16H,4,7,9,11-13H2,(H,20,24)(H,21,25)/t16-/m1/s1. The van der Waals surface area contributed by atoms with Crippen LogP contribution in [0.4, 0.5) is 0 Å². The molecule has 156 valence electrons. The predicted molar refractivity (Wildman–Crippen MR) is 103 cm³/mol. The fourth-order valence-corrected chi connectivity index (χ4v) is 4.42. The van der Waals surface area contributed by atoms with Crippen molar-refractivity contribution < 1.29 is 22.7 Å². The van der Waals surface area contributed by atoms with Gasteiger partial charge in [-0.15, -0.1) is 0 Å². The van der Waals surface area contributed by atoms with E-state index < -0.39 is 28.1 Å². The van der Waals surface area contributed by atoms with Gasteiger partial charge >= 0.3 is 11.8 Å². The van der Waals surface area contributed by atoms with Crippen LogP contribution in [0, 0.1) is 0 Å². The fourth-order valence-electron chi connectivity index (χ4n) is 2.89. The molecular formula is C18H23N5O5S. The fraction of sp³-hybridized carbons (Fsp3) is 0.389. The van der Waals surface area contributed by atoms with E-state index in [1.165, 1.54) is 16.4 Å². The van der Waals surface area contributed by atoms with Crippen LogP contribution in [0.3, 0.4) is 0 Å². The summed E-state index contributed by atoms with van der Waals surface area (Å²) in [6.07, 6.45) is 4.93. The highest BCUT2D eigenvalue weighted by molar-refractivity contribution is 7.89. The average Bonchev–Trinajstić information content (AvgIpc) is 3.42. The van der Waals surface area contributed by atoms with Crippen molar-refractivity contribution in [3.05, 3.63) is 49.1 Å². The molecule has 1 aliphatic heterocycles. The van der Waals surface area contributed by atoms with Crippen molar-refractivity contribution in [3.63, 3.8) is 0 Å². The Bertz CT molecular complexity index is 917. The molecule has 2 aromatic rings. The van der Waals surface area contributed by atoms with Crippen molar-refractivity contribution in [2.75, 3.05) is 26.2 Å². The van der Waals surface area contributed by atoms with E-state index in [0.29, 0.717) is 19.5 Å². The van der Waals surface area contributed by atoms with Crippen molar-refractivity contribution in [3.8, 4) is 0 Å². The minimum absolute atomic E-state index is 0.118. The van der Waals surface area contributed by atoms with E-state index in [4.69, 9.17) is 4.74 Å². The molecule has 1 aliphatic rings. The number of rotatable bonds is 8. The number of amides is 2. The number of aromatic nitrogens is 2. The Morgan fingerprint density at radius 1 is 1.17 bits per heavy atom. The highest BCUT2D eigenvalue weighted by Crippen LogP contribution is 2.21. The van der Waals surface area contributed by atoms with Crippen LogP contribution in [0.15, 0.2) is 53.9 Å². The first-order valence-corrected chi connectivity index (χ1v) is 10.6.